The molecule has 8 nitrogen and oxygen atoms in total. The number of carbonyl (C=O) groups is 1. The monoisotopic (exact) mass is 439 g/mol. The molecule has 0 radical (unpaired) electrons. The average Bonchev–Trinajstić information content (AvgIpc) is 3.47. The van der Waals surface area contributed by atoms with Crippen molar-refractivity contribution in [2.24, 2.45) is 0 Å². The lowest BCUT2D eigenvalue weighted by atomic mass is 9.98. The zero-order valence-electron chi connectivity index (χ0n) is 18.3. The molecule has 32 heavy (non-hydrogen) atoms. The first-order valence-corrected chi connectivity index (χ1v) is 10.9. The molecule has 1 atom stereocenters. The minimum Gasteiger partial charge on any atom is -0.497 e. The lowest BCUT2D eigenvalue weighted by Crippen LogP contribution is -2.39. The van der Waals surface area contributed by atoms with Crippen LogP contribution in [0.1, 0.15) is 46.9 Å². The lowest BCUT2D eigenvalue weighted by Gasteiger charge is -2.34. The summed E-state index contributed by atoms with van der Waals surface area (Å²) in [5, 5.41) is 4.74. The Labute approximate surface area is 185 Å². The van der Waals surface area contributed by atoms with E-state index < -0.39 is 5.82 Å². The predicted molar refractivity (Wildman–Crippen MR) is 116 cm³/mol. The smallest absolute Gasteiger partial charge is 0.257 e. The van der Waals surface area contributed by atoms with E-state index in [1.54, 1.807) is 15.5 Å². The third-order valence-electron chi connectivity index (χ3n) is 6.19. The minimum absolute atomic E-state index is 0.0479. The van der Waals surface area contributed by atoms with Gasteiger partial charge in [0.05, 0.1) is 31.0 Å². The maximum atomic E-state index is 14.6. The van der Waals surface area contributed by atoms with Gasteiger partial charge in [0.25, 0.3) is 5.91 Å². The number of piperidine rings is 1. The van der Waals surface area contributed by atoms with Crippen molar-refractivity contribution < 1.29 is 18.7 Å². The third-order valence-corrected chi connectivity index (χ3v) is 6.19. The van der Waals surface area contributed by atoms with Crippen LogP contribution in [0.25, 0.3) is 5.65 Å². The number of amides is 1. The van der Waals surface area contributed by atoms with Gasteiger partial charge in [-0.1, -0.05) is 0 Å². The molecule has 2 fully saturated rings. The summed E-state index contributed by atoms with van der Waals surface area (Å²) in [7, 11) is 1.47. The van der Waals surface area contributed by atoms with Gasteiger partial charge in [0, 0.05) is 37.0 Å². The standard InChI is InChI=1S/C23H26FN5O3/c1-15-13-29-21(25-22(15)27-9-10-32-14-27)12-19(26-29)20-5-3-4-8-28(20)23(30)17-7-6-16(31-2)11-18(17)24/h6-7,11-13,20H,3-5,8-10,14H2,1-2H3/t20-/m0/s1. The van der Waals surface area contributed by atoms with Gasteiger partial charge < -0.3 is 19.3 Å². The maximum absolute atomic E-state index is 14.6. The Bertz CT molecular complexity index is 1160. The number of aromatic nitrogens is 3. The van der Waals surface area contributed by atoms with E-state index >= 15 is 0 Å². The minimum atomic E-state index is -0.580. The Morgan fingerprint density at radius 1 is 1.25 bits per heavy atom. The zero-order valence-corrected chi connectivity index (χ0v) is 18.3. The van der Waals surface area contributed by atoms with Crippen LogP contribution in [0.5, 0.6) is 5.75 Å². The highest BCUT2D eigenvalue weighted by Crippen LogP contribution is 2.33. The van der Waals surface area contributed by atoms with Crippen molar-refractivity contribution in [3.8, 4) is 5.75 Å². The molecule has 1 aromatic carbocycles. The van der Waals surface area contributed by atoms with Crippen molar-refractivity contribution in [3.63, 3.8) is 0 Å². The number of ether oxygens (including phenoxy) is 2. The van der Waals surface area contributed by atoms with Crippen molar-refractivity contribution in [3.05, 3.63) is 53.1 Å². The lowest BCUT2D eigenvalue weighted by molar-refractivity contribution is 0.0601. The van der Waals surface area contributed by atoms with Gasteiger partial charge in [-0.25, -0.2) is 13.9 Å². The Balaban J connectivity index is 1.47. The van der Waals surface area contributed by atoms with E-state index in [0.29, 0.717) is 25.6 Å². The summed E-state index contributed by atoms with van der Waals surface area (Å²) in [4.78, 5) is 21.9. The summed E-state index contributed by atoms with van der Waals surface area (Å²) in [6.07, 6.45) is 4.59. The number of anilines is 1. The van der Waals surface area contributed by atoms with Gasteiger partial charge in [-0.05, 0) is 38.3 Å². The molecule has 2 aliphatic rings. The summed E-state index contributed by atoms with van der Waals surface area (Å²) in [5.74, 6) is 0.364. The van der Waals surface area contributed by atoms with Crippen LogP contribution in [-0.2, 0) is 4.74 Å². The quantitative estimate of drug-likeness (QED) is 0.621. The van der Waals surface area contributed by atoms with Crippen molar-refractivity contribution in [1.82, 2.24) is 19.5 Å². The van der Waals surface area contributed by atoms with E-state index in [4.69, 9.17) is 19.6 Å². The Morgan fingerprint density at radius 3 is 2.88 bits per heavy atom. The molecule has 2 aromatic heterocycles. The highest BCUT2D eigenvalue weighted by atomic mass is 19.1. The van der Waals surface area contributed by atoms with Gasteiger partial charge >= 0.3 is 0 Å². The molecule has 0 aliphatic carbocycles. The van der Waals surface area contributed by atoms with Crippen molar-refractivity contribution >= 4 is 17.4 Å². The molecule has 1 amide bonds. The van der Waals surface area contributed by atoms with Gasteiger partial charge in [0.15, 0.2) is 5.65 Å². The van der Waals surface area contributed by atoms with Gasteiger partial charge in [0.1, 0.15) is 24.1 Å². The third kappa shape index (κ3) is 3.66. The summed E-state index contributed by atoms with van der Waals surface area (Å²) in [6.45, 7) is 4.60. The number of hydrogen-bond acceptors (Lipinski definition) is 6. The van der Waals surface area contributed by atoms with E-state index in [2.05, 4.69) is 4.90 Å². The molecule has 0 saturated carbocycles. The average molecular weight is 439 g/mol. The number of rotatable bonds is 4. The normalized spacial score (nSPS) is 19.0. The Kier molecular flexibility index (Phi) is 5.42. The number of methoxy groups -OCH3 is 1. The number of likely N-dealkylation sites (tertiary alicyclic amines) is 1. The molecule has 0 spiro atoms. The van der Waals surface area contributed by atoms with Crippen LogP contribution in [0.4, 0.5) is 10.2 Å². The summed E-state index contributed by atoms with van der Waals surface area (Å²) >= 11 is 0. The van der Waals surface area contributed by atoms with Crippen LogP contribution in [0, 0.1) is 12.7 Å². The molecule has 2 saturated heterocycles. The molecule has 5 rings (SSSR count). The fraction of sp³-hybridized carbons (Fsp3) is 0.435. The van der Waals surface area contributed by atoms with Gasteiger partial charge in [-0.15, -0.1) is 0 Å². The molecule has 9 heteroatoms. The van der Waals surface area contributed by atoms with Crippen molar-refractivity contribution in [2.45, 2.75) is 32.2 Å². The first-order chi connectivity index (χ1) is 15.5. The molecule has 0 bridgehead atoms. The van der Waals surface area contributed by atoms with Gasteiger partial charge in [-0.3, -0.25) is 4.79 Å². The molecular formula is C23H26FN5O3. The second kappa shape index (κ2) is 8.38. The molecule has 0 unspecified atom stereocenters. The van der Waals surface area contributed by atoms with Crippen LogP contribution in [0.15, 0.2) is 30.5 Å². The zero-order chi connectivity index (χ0) is 22.2. The van der Waals surface area contributed by atoms with E-state index in [0.717, 1.165) is 48.5 Å². The molecule has 0 N–H and O–H groups in total. The molecule has 4 heterocycles. The number of hydrogen-bond donors (Lipinski definition) is 0. The van der Waals surface area contributed by atoms with Crippen LogP contribution >= 0.6 is 0 Å². The summed E-state index contributed by atoms with van der Waals surface area (Å²) < 4.78 is 26.9. The Hall–Kier alpha value is -3.20. The van der Waals surface area contributed by atoms with Crippen LogP contribution < -0.4 is 9.64 Å². The second-order valence-electron chi connectivity index (χ2n) is 8.28. The molecular weight excluding hydrogens is 413 g/mol. The number of aryl methyl sites for hydroxylation is 1. The molecule has 3 aromatic rings. The second-order valence-corrected chi connectivity index (χ2v) is 8.28. The number of fused-ring (bicyclic) bond motifs is 1. The largest absolute Gasteiger partial charge is 0.497 e. The van der Waals surface area contributed by atoms with E-state index in [1.807, 2.05) is 19.2 Å². The van der Waals surface area contributed by atoms with Crippen molar-refractivity contribution in [1.29, 1.82) is 0 Å². The number of benzene rings is 1. The van der Waals surface area contributed by atoms with Crippen molar-refractivity contribution in [2.75, 3.05) is 38.4 Å². The number of halogens is 1. The van der Waals surface area contributed by atoms with Crippen LogP contribution in [0.3, 0.4) is 0 Å². The van der Waals surface area contributed by atoms with Gasteiger partial charge in [-0.2, -0.15) is 5.10 Å². The first-order valence-electron chi connectivity index (χ1n) is 10.9. The molecule has 168 valence electrons. The Morgan fingerprint density at radius 2 is 2.12 bits per heavy atom. The van der Waals surface area contributed by atoms with E-state index in [-0.39, 0.29) is 17.5 Å². The summed E-state index contributed by atoms with van der Waals surface area (Å²) in [6, 6.07) is 6.05. The number of nitrogens with zero attached hydrogens (tertiary/aromatic N) is 5. The van der Waals surface area contributed by atoms with E-state index in [9.17, 15) is 9.18 Å². The summed E-state index contributed by atoms with van der Waals surface area (Å²) in [5.41, 5.74) is 2.55. The predicted octanol–water partition coefficient (Wildman–Crippen LogP) is 3.35. The highest BCUT2D eigenvalue weighted by molar-refractivity contribution is 5.95. The highest BCUT2D eigenvalue weighted by Gasteiger charge is 2.32. The molecule has 2 aliphatic heterocycles. The number of carbonyl (C=O) groups excluding carboxylic acids is 1. The topological polar surface area (TPSA) is 72.2 Å². The SMILES string of the molecule is COc1ccc(C(=O)N2CCCC[C@H]2c2cc3nc(N4CCOC4)c(C)cn3n2)c(F)c1. The first kappa shape index (κ1) is 20.7. The fourth-order valence-electron chi connectivity index (χ4n) is 4.52. The maximum Gasteiger partial charge on any atom is 0.257 e. The fourth-order valence-corrected chi connectivity index (χ4v) is 4.52. The van der Waals surface area contributed by atoms with Gasteiger partial charge in [0.2, 0.25) is 0 Å². The van der Waals surface area contributed by atoms with Crippen LogP contribution in [0.2, 0.25) is 0 Å². The van der Waals surface area contributed by atoms with Crippen LogP contribution in [-0.4, -0.2) is 58.9 Å². The van der Waals surface area contributed by atoms with E-state index in [1.165, 1.54) is 19.2 Å².